The van der Waals surface area contributed by atoms with E-state index >= 15 is 0 Å². The minimum Gasteiger partial charge on any atom is -0.331 e. The van der Waals surface area contributed by atoms with E-state index < -0.39 is 0 Å². The second kappa shape index (κ2) is 7.82. The third-order valence-electron chi connectivity index (χ3n) is 7.09. The van der Waals surface area contributed by atoms with Crippen LogP contribution < -0.4 is 5.32 Å². The predicted molar refractivity (Wildman–Crippen MR) is 112 cm³/mol. The Bertz CT molecular complexity index is 850. The van der Waals surface area contributed by atoms with Gasteiger partial charge in [0.25, 0.3) is 0 Å². The lowest BCUT2D eigenvalue weighted by atomic mass is 9.90. The Kier molecular flexibility index (Phi) is 5.04. The van der Waals surface area contributed by atoms with E-state index in [4.69, 9.17) is 0 Å². The van der Waals surface area contributed by atoms with E-state index in [2.05, 4.69) is 27.4 Å². The maximum absolute atomic E-state index is 12.9. The first kappa shape index (κ1) is 18.7. The van der Waals surface area contributed by atoms with Crippen LogP contribution in [0.15, 0.2) is 42.7 Å². The summed E-state index contributed by atoms with van der Waals surface area (Å²) in [5.74, 6) is 1.33. The molecule has 0 aliphatic carbocycles. The molecule has 3 aliphatic rings. The third kappa shape index (κ3) is 3.78. The van der Waals surface area contributed by atoms with Gasteiger partial charge in [-0.05, 0) is 43.7 Å². The van der Waals surface area contributed by atoms with Gasteiger partial charge in [-0.1, -0.05) is 36.8 Å². The summed E-state index contributed by atoms with van der Waals surface area (Å²) in [6.45, 7) is 7.05. The number of rotatable bonds is 4. The fraction of sp³-hybridized carbons (Fsp3) is 0.565. The molecule has 0 unspecified atom stereocenters. The molecule has 5 rings (SSSR count). The standard InChI is InChI=1S/C23H31N5O/c1-17(19-11-24-28(15-19)12-18-7-3-2-4-8-18)25-23(29)27-14-20-13-26-10-6-5-9-22(26)21(20)16-27/h2-4,7-8,11,15,17,20-22H,5-6,9-10,12-14,16H2,1H3,(H,25,29)/t17-,20-,21+,22-/m0/s1. The van der Waals surface area contributed by atoms with Gasteiger partial charge in [-0.3, -0.25) is 9.58 Å². The van der Waals surface area contributed by atoms with Crippen molar-refractivity contribution < 1.29 is 4.79 Å². The van der Waals surface area contributed by atoms with E-state index in [1.54, 1.807) is 0 Å². The van der Waals surface area contributed by atoms with Gasteiger partial charge in [0.2, 0.25) is 0 Å². The van der Waals surface area contributed by atoms with Crippen molar-refractivity contribution in [2.24, 2.45) is 11.8 Å². The lowest BCUT2D eigenvalue weighted by molar-refractivity contribution is 0.153. The highest BCUT2D eigenvalue weighted by Gasteiger charge is 2.48. The molecule has 1 aromatic carbocycles. The van der Waals surface area contributed by atoms with Gasteiger partial charge in [0.05, 0.1) is 18.8 Å². The fourth-order valence-corrected chi connectivity index (χ4v) is 5.54. The van der Waals surface area contributed by atoms with Gasteiger partial charge in [0.1, 0.15) is 0 Å². The van der Waals surface area contributed by atoms with Crippen molar-refractivity contribution in [2.75, 3.05) is 26.2 Å². The quantitative estimate of drug-likeness (QED) is 0.868. The number of aromatic nitrogens is 2. The molecule has 0 spiro atoms. The van der Waals surface area contributed by atoms with Crippen molar-refractivity contribution in [3.63, 3.8) is 0 Å². The Morgan fingerprint density at radius 1 is 1.21 bits per heavy atom. The molecule has 3 aliphatic heterocycles. The highest BCUT2D eigenvalue weighted by Crippen LogP contribution is 2.40. The lowest BCUT2D eigenvalue weighted by Gasteiger charge is -2.33. The maximum Gasteiger partial charge on any atom is 0.317 e. The minimum absolute atomic E-state index is 0.0429. The van der Waals surface area contributed by atoms with Crippen LogP contribution in [0.5, 0.6) is 0 Å². The summed E-state index contributed by atoms with van der Waals surface area (Å²) in [5.41, 5.74) is 2.27. The van der Waals surface area contributed by atoms with Crippen LogP contribution in [0.3, 0.4) is 0 Å². The SMILES string of the molecule is C[C@H](NC(=O)N1C[C@@H]2CN3CCCC[C@H]3[C@@H]2C1)c1cnn(Cc2ccccc2)c1. The summed E-state index contributed by atoms with van der Waals surface area (Å²) in [6, 6.07) is 11.0. The number of nitrogens with zero attached hydrogens (tertiary/aromatic N) is 4. The molecular weight excluding hydrogens is 362 g/mol. The molecule has 4 heterocycles. The number of carbonyl (C=O) groups excluding carboxylic acids is 1. The smallest absolute Gasteiger partial charge is 0.317 e. The van der Waals surface area contributed by atoms with E-state index in [0.717, 1.165) is 25.2 Å². The van der Waals surface area contributed by atoms with Crippen LogP contribution in [0.1, 0.15) is 43.4 Å². The van der Waals surface area contributed by atoms with Crippen LogP contribution >= 0.6 is 0 Å². The molecule has 1 N–H and O–H groups in total. The van der Waals surface area contributed by atoms with Gasteiger partial charge in [0, 0.05) is 37.4 Å². The molecule has 154 valence electrons. The lowest BCUT2D eigenvalue weighted by Crippen LogP contribution is -2.44. The molecule has 0 saturated carbocycles. The first-order valence-electron chi connectivity index (χ1n) is 11.0. The van der Waals surface area contributed by atoms with Crippen LogP contribution in [0.4, 0.5) is 4.79 Å². The zero-order chi connectivity index (χ0) is 19.8. The molecule has 0 bridgehead atoms. The van der Waals surface area contributed by atoms with Gasteiger partial charge in [-0.15, -0.1) is 0 Å². The van der Waals surface area contributed by atoms with Gasteiger partial charge in [-0.2, -0.15) is 5.10 Å². The van der Waals surface area contributed by atoms with Gasteiger partial charge in [-0.25, -0.2) is 4.79 Å². The Morgan fingerprint density at radius 2 is 2.07 bits per heavy atom. The van der Waals surface area contributed by atoms with Crippen LogP contribution in [0.2, 0.25) is 0 Å². The van der Waals surface area contributed by atoms with E-state index in [1.165, 1.54) is 37.9 Å². The zero-order valence-electron chi connectivity index (χ0n) is 17.2. The van der Waals surface area contributed by atoms with Crippen molar-refractivity contribution in [1.29, 1.82) is 0 Å². The van der Waals surface area contributed by atoms with Crippen LogP contribution in [0.25, 0.3) is 0 Å². The first-order valence-corrected chi connectivity index (χ1v) is 11.0. The zero-order valence-corrected chi connectivity index (χ0v) is 17.2. The summed E-state index contributed by atoms with van der Waals surface area (Å²) >= 11 is 0. The molecule has 4 atom stereocenters. The van der Waals surface area contributed by atoms with E-state index in [9.17, 15) is 4.79 Å². The maximum atomic E-state index is 12.9. The molecule has 3 saturated heterocycles. The Labute approximate surface area is 172 Å². The monoisotopic (exact) mass is 393 g/mol. The Balaban J connectivity index is 1.17. The Morgan fingerprint density at radius 3 is 2.93 bits per heavy atom. The topological polar surface area (TPSA) is 53.4 Å². The summed E-state index contributed by atoms with van der Waals surface area (Å²) in [6.07, 6.45) is 7.91. The van der Waals surface area contributed by atoms with E-state index in [1.807, 2.05) is 47.1 Å². The molecular formula is C23H31N5O. The molecule has 2 aromatic rings. The largest absolute Gasteiger partial charge is 0.331 e. The van der Waals surface area contributed by atoms with E-state index in [-0.39, 0.29) is 12.1 Å². The molecule has 6 nitrogen and oxygen atoms in total. The Hall–Kier alpha value is -2.34. The van der Waals surface area contributed by atoms with Crippen molar-refractivity contribution in [2.45, 2.75) is 44.8 Å². The first-order chi connectivity index (χ1) is 14.2. The number of piperidine rings is 1. The second-order valence-electron chi connectivity index (χ2n) is 9.02. The average molecular weight is 394 g/mol. The van der Waals surface area contributed by atoms with Crippen LogP contribution in [0, 0.1) is 11.8 Å². The second-order valence-corrected chi connectivity index (χ2v) is 9.02. The molecule has 1 aromatic heterocycles. The predicted octanol–water partition coefficient (Wildman–Crippen LogP) is 3.12. The summed E-state index contributed by atoms with van der Waals surface area (Å²) in [5, 5.41) is 7.67. The van der Waals surface area contributed by atoms with Crippen molar-refractivity contribution in [3.05, 3.63) is 53.9 Å². The molecule has 0 radical (unpaired) electrons. The number of likely N-dealkylation sites (tertiary alicyclic amines) is 1. The highest BCUT2D eigenvalue weighted by atomic mass is 16.2. The van der Waals surface area contributed by atoms with Crippen molar-refractivity contribution >= 4 is 6.03 Å². The number of hydrogen-bond donors (Lipinski definition) is 1. The van der Waals surface area contributed by atoms with Gasteiger partial charge < -0.3 is 10.2 Å². The summed E-state index contributed by atoms with van der Waals surface area (Å²) in [4.78, 5) is 17.6. The minimum atomic E-state index is -0.0429. The fourth-order valence-electron chi connectivity index (χ4n) is 5.54. The van der Waals surface area contributed by atoms with Crippen LogP contribution in [-0.2, 0) is 6.54 Å². The number of urea groups is 1. The number of amides is 2. The molecule has 6 heteroatoms. The number of carbonyl (C=O) groups is 1. The highest BCUT2D eigenvalue weighted by molar-refractivity contribution is 5.75. The number of nitrogens with one attached hydrogen (secondary N) is 1. The van der Waals surface area contributed by atoms with E-state index in [0.29, 0.717) is 17.9 Å². The summed E-state index contributed by atoms with van der Waals surface area (Å²) < 4.78 is 1.94. The molecule has 3 fully saturated rings. The molecule has 29 heavy (non-hydrogen) atoms. The summed E-state index contributed by atoms with van der Waals surface area (Å²) in [7, 11) is 0. The van der Waals surface area contributed by atoms with Gasteiger partial charge in [0.15, 0.2) is 0 Å². The normalized spacial score (nSPS) is 27.5. The average Bonchev–Trinajstić information content (AvgIpc) is 3.43. The third-order valence-corrected chi connectivity index (χ3v) is 7.09. The van der Waals surface area contributed by atoms with Crippen molar-refractivity contribution in [3.8, 4) is 0 Å². The number of benzene rings is 1. The number of fused-ring (bicyclic) bond motifs is 3. The van der Waals surface area contributed by atoms with Gasteiger partial charge >= 0.3 is 6.03 Å². The molecule has 2 amide bonds. The van der Waals surface area contributed by atoms with Crippen molar-refractivity contribution in [1.82, 2.24) is 24.9 Å². The number of hydrogen-bond acceptors (Lipinski definition) is 3. The van der Waals surface area contributed by atoms with Crippen LogP contribution in [-0.4, -0.2) is 57.8 Å².